The summed E-state index contributed by atoms with van der Waals surface area (Å²) >= 11 is 0. The maximum atomic E-state index is 6.02. The van der Waals surface area contributed by atoms with Crippen molar-refractivity contribution < 1.29 is 9.13 Å². The lowest BCUT2D eigenvalue weighted by atomic mass is 9.60. The third-order valence-electron chi connectivity index (χ3n) is 13.3. The summed E-state index contributed by atoms with van der Waals surface area (Å²) in [6.07, 6.45) is 8.24. The molecule has 2 aliphatic rings. The zero-order valence-corrected chi connectivity index (χ0v) is 33.7. The van der Waals surface area contributed by atoms with Crippen LogP contribution in [0.4, 0.5) is 0 Å². The zero-order chi connectivity index (χ0) is 38.2. The molecular weight excluding hydrogens is 669 g/mol. The van der Waals surface area contributed by atoms with Gasteiger partial charge in [-0.15, -0.1) is 0 Å². The molecule has 2 unspecified atom stereocenters. The molecule has 2 atom stereocenters. The Labute approximate surface area is 325 Å². The summed E-state index contributed by atoms with van der Waals surface area (Å²) in [5.74, 6) is 0. The van der Waals surface area contributed by atoms with Crippen LogP contribution < -0.4 is 9.13 Å². The summed E-state index contributed by atoms with van der Waals surface area (Å²) < 4.78 is 7.42. The average molecular weight is 721 g/mol. The number of aryl methyl sites for hydroxylation is 1. The van der Waals surface area contributed by atoms with Crippen molar-refractivity contribution in [3.8, 4) is 22.5 Å². The van der Waals surface area contributed by atoms with Crippen LogP contribution in [0.5, 0.6) is 0 Å². The Kier molecular flexibility index (Phi) is 7.05. The smallest absolute Gasteiger partial charge is 0.218 e. The van der Waals surface area contributed by atoms with E-state index in [1.807, 2.05) is 0 Å². The minimum atomic E-state index is -0.376. The molecule has 0 radical (unpaired) electrons. The maximum absolute atomic E-state index is 6.02. The molecule has 3 aromatic carbocycles. The number of fused-ring (bicyclic) bond motifs is 15. The molecule has 0 N–H and O–H groups in total. The molecule has 4 nitrogen and oxygen atoms in total. The molecule has 10 rings (SSSR count). The van der Waals surface area contributed by atoms with Crippen LogP contribution in [0.3, 0.4) is 0 Å². The maximum Gasteiger partial charge on any atom is 0.218 e. The lowest BCUT2D eigenvalue weighted by Gasteiger charge is -2.46. The fourth-order valence-corrected chi connectivity index (χ4v) is 10.3. The Bertz CT molecular complexity index is 2890. The number of para-hydroxylation sites is 1. The van der Waals surface area contributed by atoms with E-state index >= 15 is 0 Å². The Hall–Kier alpha value is -5.35. The molecule has 0 saturated carbocycles. The fraction of sp³-hybridized carbons (Fsp3) is 0.314. The van der Waals surface area contributed by atoms with Crippen molar-refractivity contribution in [2.75, 3.05) is 0 Å². The number of pyridine rings is 3. The van der Waals surface area contributed by atoms with E-state index in [9.17, 15) is 0 Å². The molecule has 55 heavy (non-hydrogen) atoms. The highest BCUT2D eigenvalue weighted by Gasteiger charge is 2.60. The van der Waals surface area contributed by atoms with Crippen molar-refractivity contribution in [3.63, 3.8) is 0 Å². The highest BCUT2D eigenvalue weighted by atomic mass is 15.1. The molecule has 0 saturated heterocycles. The normalized spacial score (nSPS) is 20.0. The van der Waals surface area contributed by atoms with Gasteiger partial charge >= 0.3 is 0 Å². The predicted octanol–water partition coefficient (Wildman–Crippen LogP) is 11.5. The minimum absolute atomic E-state index is 0.00325. The van der Waals surface area contributed by atoms with E-state index in [2.05, 4.69) is 178 Å². The van der Waals surface area contributed by atoms with E-state index in [-0.39, 0.29) is 21.8 Å². The molecule has 0 spiro atoms. The van der Waals surface area contributed by atoms with Gasteiger partial charge < -0.3 is 0 Å². The topological polar surface area (TPSA) is 25.1 Å². The van der Waals surface area contributed by atoms with Gasteiger partial charge in [0.2, 0.25) is 11.4 Å². The van der Waals surface area contributed by atoms with E-state index in [0.717, 1.165) is 37.0 Å². The van der Waals surface area contributed by atoms with Crippen LogP contribution in [0.15, 0.2) is 116 Å². The molecule has 8 aromatic rings. The van der Waals surface area contributed by atoms with Crippen molar-refractivity contribution in [1.82, 2.24) is 9.38 Å². The van der Waals surface area contributed by atoms with Crippen molar-refractivity contribution in [2.24, 2.45) is 5.41 Å². The van der Waals surface area contributed by atoms with Crippen molar-refractivity contribution in [1.29, 1.82) is 0 Å². The SMILES string of the molecule is C=C1CC2(C)[n+]3ccc(CC(C)(C)C)cc3-c3cc4c5cc(C(C)(C)C)cc6c7ccccc7n(c4nc3C2(C)CCc2ccccc2-c2cccc[n+]21)c65. The van der Waals surface area contributed by atoms with Crippen LogP contribution in [0.2, 0.25) is 0 Å². The Morgan fingerprint density at radius 3 is 2.25 bits per heavy atom. The molecule has 0 bridgehead atoms. The first-order valence-corrected chi connectivity index (χ1v) is 20.1. The van der Waals surface area contributed by atoms with Gasteiger partial charge in [0, 0.05) is 58.3 Å². The van der Waals surface area contributed by atoms with Gasteiger partial charge in [-0.25, -0.2) is 4.98 Å². The van der Waals surface area contributed by atoms with Crippen molar-refractivity contribution >= 4 is 43.9 Å². The van der Waals surface area contributed by atoms with Gasteiger partial charge in [-0.05, 0) is 96.7 Å². The second kappa shape index (κ2) is 11.4. The number of rotatable bonds is 1. The molecule has 0 amide bonds. The largest absolute Gasteiger partial charge is 0.293 e. The van der Waals surface area contributed by atoms with E-state index in [0.29, 0.717) is 0 Å². The number of hydrogen-bond donors (Lipinski definition) is 0. The Balaban J connectivity index is 1.32. The van der Waals surface area contributed by atoms with Crippen LogP contribution >= 0.6 is 0 Å². The van der Waals surface area contributed by atoms with Crippen LogP contribution in [0.1, 0.15) is 90.6 Å². The van der Waals surface area contributed by atoms with E-state index in [1.54, 1.807) is 0 Å². The van der Waals surface area contributed by atoms with Gasteiger partial charge in [0.15, 0.2) is 23.6 Å². The first kappa shape index (κ1) is 34.2. The number of nitrogens with zero attached hydrogens (tertiary/aromatic N) is 4. The van der Waals surface area contributed by atoms with Crippen molar-refractivity contribution in [2.45, 2.75) is 97.4 Å². The van der Waals surface area contributed by atoms with Crippen LogP contribution in [0, 0.1) is 5.41 Å². The molecular formula is C51H52N4+2. The molecule has 0 fully saturated rings. The second-order valence-corrected chi connectivity index (χ2v) is 19.3. The highest BCUT2D eigenvalue weighted by Crippen LogP contribution is 2.53. The lowest BCUT2D eigenvalue weighted by Crippen LogP contribution is -2.69. The molecule has 0 aliphatic carbocycles. The molecule has 274 valence electrons. The van der Waals surface area contributed by atoms with Gasteiger partial charge in [0.1, 0.15) is 5.65 Å². The summed E-state index contributed by atoms with van der Waals surface area (Å²) in [6.45, 7) is 23.8. The Morgan fingerprint density at radius 2 is 1.47 bits per heavy atom. The van der Waals surface area contributed by atoms with Crippen molar-refractivity contribution in [3.05, 3.63) is 138 Å². The summed E-state index contributed by atoms with van der Waals surface area (Å²) in [5.41, 5.74) is 14.3. The van der Waals surface area contributed by atoms with Gasteiger partial charge in [0.05, 0.1) is 34.1 Å². The summed E-state index contributed by atoms with van der Waals surface area (Å²) in [6, 6.07) is 36.7. The summed E-state index contributed by atoms with van der Waals surface area (Å²) in [7, 11) is 0. The van der Waals surface area contributed by atoms with E-state index in [1.165, 1.54) is 77.5 Å². The first-order chi connectivity index (χ1) is 26.2. The van der Waals surface area contributed by atoms with Crippen LogP contribution in [-0.4, -0.2) is 9.38 Å². The first-order valence-electron chi connectivity index (χ1n) is 20.1. The van der Waals surface area contributed by atoms with Gasteiger partial charge in [-0.1, -0.05) is 77.9 Å². The number of benzene rings is 3. The highest BCUT2D eigenvalue weighted by molar-refractivity contribution is 6.23. The zero-order valence-electron chi connectivity index (χ0n) is 33.7. The molecule has 7 heterocycles. The minimum Gasteiger partial charge on any atom is -0.293 e. The number of aromatic nitrogens is 4. The molecule has 4 heteroatoms. The van der Waals surface area contributed by atoms with Crippen LogP contribution in [0.25, 0.3) is 66.4 Å². The fourth-order valence-electron chi connectivity index (χ4n) is 10.3. The number of hydrogen-bond acceptors (Lipinski definition) is 1. The third kappa shape index (κ3) is 4.86. The lowest BCUT2D eigenvalue weighted by molar-refractivity contribution is -0.766. The van der Waals surface area contributed by atoms with Gasteiger partial charge in [-0.3, -0.25) is 4.40 Å². The van der Waals surface area contributed by atoms with E-state index < -0.39 is 0 Å². The summed E-state index contributed by atoms with van der Waals surface area (Å²) in [4.78, 5) is 6.02. The second-order valence-electron chi connectivity index (χ2n) is 19.3. The Morgan fingerprint density at radius 1 is 0.745 bits per heavy atom. The summed E-state index contributed by atoms with van der Waals surface area (Å²) in [5, 5.41) is 5.13. The van der Waals surface area contributed by atoms with Crippen LogP contribution in [-0.2, 0) is 29.2 Å². The van der Waals surface area contributed by atoms with E-state index in [4.69, 9.17) is 11.6 Å². The van der Waals surface area contributed by atoms with Gasteiger partial charge in [0.25, 0.3) is 0 Å². The monoisotopic (exact) mass is 720 g/mol. The van der Waals surface area contributed by atoms with Gasteiger partial charge in [-0.2, -0.15) is 9.13 Å². The predicted molar refractivity (Wildman–Crippen MR) is 228 cm³/mol. The molecule has 5 aromatic heterocycles. The molecule has 2 aliphatic heterocycles. The number of allylic oxidation sites excluding steroid dienone is 1. The third-order valence-corrected chi connectivity index (χ3v) is 13.3. The average Bonchev–Trinajstić information content (AvgIpc) is 3.66. The standard InChI is InChI=1S/C51H52N4/c1-32-30-51(9)50(8,23-21-34-16-10-11-17-36(34)42-19-14-15-24-53(32)42)46-41(44-26-33(22-25-54(44)51)31-48(2,3)4)29-40-39-28-35(49(5,6)7)27-38-37-18-12-13-20-43(37)55(45(38)39)47(40)52-46/h10-20,22,24-29H,1,21,23,30-31H2,2-9H3/q+2. The quantitative estimate of drug-likeness (QED) is 0.155.